The van der Waals surface area contributed by atoms with Gasteiger partial charge in [0.25, 0.3) is 0 Å². The van der Waals surface area contributed by atoms with Crippen molar-refractivity contribution in [1.82, 2.24) is 5.32 Å². The molecule has 19 heavy (non-hydrogen) atoms. The van der Waals surface area contributed by atoms with Crippen LogP contribution >= 0.6 is 0 Å². The summed E-state index contributed by atoms with van der Waals surface area (Å²) in [7, 11) is 0. The fourth-order valence-corrected chi connectivity index (χ4v) is 3.46. The van der Waals surface area contributed by atoms with Crippen molar-refractivity contribution in [2.45, 2.75) is 44.6 Å². The lowest BCUT2D eigenvalue weighted by Gasteiger charge is -2.20. The van der Waals surface area contributed by atoms with Crippen LogP contribution in [0.2, 0.25) is 0 Å². The van der Waals surface area contributed by atoms with E-state index in [0.29, 0.717) is 0 Å². The van der Waals surface area contributed by atoms with Crippen LogP contribution in [0.25, 0.3) is 0 Å². The van der Waals surface area contributed by atoms with Gasteiger partial charge in [-0.05, 0) is 42.4 Å². The number of benzene rings is 1. The number of nitrogens with two attached hydrogens (primary N) is 1. The van der Waals surface area contributed by atoms with Crippen molar-refractivity contribution in [3.63, 3.8) is 0 Å². The average molecular weight is 257 g/mol. The molecule has 1 fully saturated rings. The Hall–Kier alpha value is -1.35. The van der Waals surface area contributed by atoms with Gasteiger partial charge in [0.15, 0.2) is 0 Å². The van der Waals surface area contributed by atoms with Gasteiger partial charge in [-0.15, -0.1) is 0 Å². The van der Waals surface area contributed by atoms with Crippen LogP contribution in [0.5, 0.6) is 0 Å². The van der Waals surface area contributed by atoms with Gasteiger partial charge in [-0.2, -0.15) is 0 Å². The molecule has 1 aliphatic carbocycles. The van der Waals surface area contributed by atoms with E-state index in [9.17, 15) is 0 Å². The predicted octanol–water partition coefficient (Wildman–Crippen LogP) is 2.65. The first kappa shape index (κ1) is 12.7. The lowest BCUT2D eigenvalue weighted by Crippen LogP contribution is -2.31. The maximum absolute atomic E-state index is 6.38. The minimum atomic E-state index is -0.0937. The molecule has 1 saturated carbocycles. The third kappa shape index (κ3) is 2.39. The molecule has 0 radical (unpaired) electrons. The zero-order valence-corrected chi connectivity index (χ0v) is 11.7. The van der Waals surface area contributed by atoms with Crippen molar-refractivity contribution in [3.05, 3.63) is 34.9 Å². The average Bonchev–Trinajstić information content (AvgIpc) is 3.11. The van der Waals surface area contributed by atoms with Crippen molar-refractivity contribution >= 4 is 5.84 Å². The van der Waals surface area contributed by atoms with Crippen LogP contribution in [-0.2, 0) is 0 Å². The Kier molecular flexibility index (Phi) is 3.56. The van der Waals surface area contributed by atoms with E-state index in [-0.39, 0.29) is 6.04 Å². The Morgan fingerprint density at radius 3 is 2.79 bits per heavy atom. The summed E-state index contributed by atoms with van der Waals surface area (Å²) in [6, 6.07) is 6.50. The van der Waals surface area contributed by atoms with Crippen molar-refractivity contribution in [1.29, 1.82) is 0 Å². The second-order valence-electron chi connectivity index (χ2n) is 5.71. The van der Waals surface area contributed by atoms with Crippen LogP contribution in [-0.4, -0.2) is 18.9 Å². The standard InChI is InChI=1S/C16H23N3/c1-11-13(12-5-2-3-6-12)7-4-8-14(11)15(17)16-18-9-10-19-16/h4,7-8,12,15H,2-3,5-6,9-10,17H2,1H3,(H,18,19). The second kappa shape index (κ2) is 5.33. The largest absolute Gasteiger partial charge is 0.370 e. The number of rotatable bonds is 3. The van der Waals surface area contributed by atoms with Gasteiger partial charge < -0.3 is 11.1 Å². The summed E-state index contributed by atoms with van der Waals surface area (Å²) in [6.45, 7) is 3.99. The van der Waals surface area contributed by atoms with Crippen LogP contribution in [0, 0.1) is 6.92 Å². The number of nitrogens with zero attached hydrogens (tertiary/aromatic N) is 1. The highest BCUT2D eigenvalue weighted by molar-refractivity contribution is 5.89. The smallest absolute Gasteiger partial charge is 0.118 e. The topological polar surface area (TPSA) is 50.4 Å². The summed E-state index contributed by atoms with van der Waals surface area (Å²) < 4.78 is 0. The van der Waals surface area contributed by atoms with Gasteiger partial charge in [0.1, 0.15) is 5.84 Å². The molecule has 3 N–H and O–H groups in total. The highest BCUT2D eigenvalue weighted by atomic mass is 15.1. The van der Waals surface area contributed by atoms with Gasteiger partial charge in [0.05, 0.1) is 12.6 Å². The predicted molar refractivity (Wildman–Crippen MR) is 79.6 cm³/mol. The lowest BCUT2D eigenvalue weighted by molar-refractivity contribution is 0.714. The molecule has 0 bridgehead atoms. The van der Waals surface area contributed by atoms with Crippen LogP contribution < -0.4 is 11.1 Å². The number of nitrogens with one attached hydrogen (secondary N) is 1. The molecule has 3 nitrogen and oxygen atoms in total. The number of aliphatic imine (C=N–C) groups is 1. The molecule has 0 amide bonds. The van der Waals surface area contributed by atoms with E-state index in [4.69, 9.17) is 5.73 Å². The van der Waals surface area contributed by atoms with Crippen LogP contribution in [0.4, 0.5) is 0 Å². The summed E-state index contributed by atoms with van der Waals surface area (Å²) in [5, 5.41) is 3.30. The lowest BCUT2D eigenvalue weighted by atomic mass is 9.88. The van der Waals surface area contributed by atoms with Gasteiger partial charge >= 0.3 is 0 Å². The number of hydrogen-bond acceptors (Lipinski definition) is 3. The van der Waals surface area contributed by atoms with Gasteiger partial charge in [0.2, 0.25) is 0 Å². The maximum atomic E-state index is 6.38. The van der Waals surface area contributed by atoms with E-state index >= 15 is 0 Å². The Balaban J connectivity index is 1.91. The zero-order chi connectivity index (χ0) is 13.2. The van der Waals surface area contributed by atoms with Crippen molar-refractivity contribution in [3.8, 4) is 0 Å². The Bertz CT molecular complexity index is 487. The molecule has 1 unspecified atom stereocenters. The summed E-state index contributed by atoms with van der Waals surface area (Å²) >= 11 is 0. The van der Waals surface area contributed by atoms with Crippen molar-refractivity contribution in [2.24, 2.45) is 10.7 Å². The molecule has 0 spiro atoms. The Labute approximate surface area is 115 Å². The van der Waals surface area contributed by atoms with E-state index in [1.807, 2.05) is 0 Å². The fourth-order valence-electron chi connectivity index (χ4n) is 3.46. The van der Waals surface area contributed by atoms with E-state index in [1.165, 1.54) is 42.4 Å². The normalized spacial score (nSPS) is 21.3. The third-order valence-corrected chi connectivity index (χ3v) is 4.54. The molecule has 0 saturated heterocycles. The Morgan fingerprint density at radius 2 is 2.11 bits per heavy atom. The molecular formula is C16H23N3. The van der Waals surface area contributed by atoms with E-state index < -0.39 is 0 Å². The van der Waals surface area contributed by atoms with E-state index in [2.05, 4.69) is 35.4 Å². The SMILES string of the molecule is Cc1c(C2CCCC2)cccc1C(N)C1=NCCN1. The monoisotopic (exact) mass is 257 g/mol. The molecule has 0 aromatic heterocycles. The zero-order valence-electron chi connectivity index (χ0n) is 11.7. The number of amidine groups is 1. The van der Waals surface area contributed by atoms with Crippen LogP contribution in [0.1, 0.15) is 54.3 Å². The first-order valence-electron chi connectivity index (χ1n) is 7.40. The quantitative estimate of drug-likeness (QED) is 0.874. The molecule has 1 heterocycles. The van der Waals surface area contributed by atoms with Gasteiger partial charge in [-0.25, -0.2) is 0 Å². The summed E-state index contributed by atoms with van der Waals surface area (Å²) in [6.07, 6.45) is 5.40. The van der Waals surface area contributed by atoms with Gasteiger partial charge in [-0.3, -0.25) is 4.99 Å². The minimum Gasteiger partial charge on any atom is -0.370 e. The molecule has 2 aliphatic rings. The summed E-state index contributed by atoms with van der Waals surface area (Å²) in [4.78, 5) is 4.46. The van der Waals surface area contributed by atoms with Crippen LogP contribution in [0.3, 0.4) is 0 Å². The highest BCUT2D eigenvalue weighted by Crippen LogP contribution is 2.37. The molecular weight excluding hydrogens is 234 g/mol. The van der Waals surface area contributed by atoms with E-state index in [1.54, 1.807) is 0 Å². The maximum Gasteiger partial charge on any atom is 0.118 e. The molecule has 3 rings (SSSR count). The van der Waals surface area contributed by atoms with Gasteiger partial charge in [-0.1, -0.05) is 31.0 Å². The van der Waals surface area contributed by atoms with Crippen LogP contribution in [0.15, 0.2) is 23.2 Å². The Morgan fingerprint density at radius 1 is 1.32 bits per heavy atom. The van der Waals surface area contributed by atoms with Crippen molar-refractivity contribution in [2.75, 3.05) is 13.1 Å². The summed E-state index contributed by atoms with van der Waals surface area (Å²) in [5.74, 6) is 1.69. The first-order valence-corrected chi connectivity index (χ1v) is 7.40. The molecule has 1 aromatic rings. The fraction of sp³-hybridized carbons (Fsp3) is 0.562. The minimum absolute atomic E-state index is 0.0937. The van der Waals surface area contributed by atoms with Gasteiger partial charge in [0, 0.05) is 6.54 Å². The van der Waals surface area contributed by atoms with E-state index in [0.717, 1.165) is 24.8 Å². The summed E-state index contributed by atoms with van der Waals surface area (Å²) in [5.41, 5.74) is 10.5. The molecule has 102 valence electrons. The van der Waals surface area contributed by atoms with Crippen molar-refractivity contribution < 1.29 is 0 Å². The first-order chi connectivity index (χ1) is 9.27. The number of hydrogen-bond donors (Lipinski definition) is 2. The molecule has 1 atom stereocenters. The highest BCUT2D eigenvalue weighted by Gasteiger charge is 2.23. The second-order valence-corrected chi connectivity index (χ2v) is 5.71. The molecule has 3 heteroatoms. The molecule has 1 aromatic carbocycles. The molecule has 1 aliphatic heterocycles. The third-order valence-electron chi connectivity index (χ3n) is 4.54.